The number of piperidine rings is 1. The van der Waals surface area contributed by atoms with E-state index in [0.29, 0.717) is 22.8 Å². The molecule has 0 spiro atoms. The number of nitrogens with zero attached hydrogens (tertiary/aromatic N) is 2. The molecule has 1 fully saturated rings. The number of aromatic nitrogens is 2. The first-order chi connectivity index (χ1) is 8.85. The maximum atomic E-state index is 12.8. The van der Waals surface area contributed by atoms with E-state index in [2.05, 4.69) is 10.2 Å². The second kappa shape index (κ2) is 5.22. The molecule has 0 amide bonds. The van der Waals surface area contributed by atoms with Crippen molar-refractivity contribution in [3.63, 3.8) is 0 Å². The predicted octanol–water partition coefficient (Wildman–Crippen LogP) is 0.917. The summed E-state index contributed by atoms with van der Waals surface area (Å²) < 4.78 is 27.2. The first kappa shape index (κ1) is 14.5. The molecule has 108 valence electrons. The van der Waals surface area contributed by atoms with Crippen LogP contribution in [0.15, 0.2) is 4.90 Å². The highest BCUT2D eigenvalue weighted by atomic mass is 32.2. The Hall–Kier alpha value is -0.920. The van der Waals surface area contributed by atoms with Crippen LogP contribution in [-0.2, 0) is 10.0 Å². The topological polar surface area (TPSA) is 92.1 Å². The van der Waals surface area contributed by atoms with E-state index in [1.807, 2.05) is 6.92 Å². The molecule has 2 atom stereocenters. The summed E-state index contributed by atoms with van der Waals surface area (Å²) in [5, 5.41) is 6.72. The van der Waals surface area contributed by atoms with Crippen LogP contribution in [0.5, 0.6) is 0 Å². The maximum Gasteiger partial charge on any atom is 0.247 e. The third kappa shape index (κ3) is 2.54. The minimum atomic E-state index is -3.51. The third-order valence-corrected chi connectivity index (χ3v) is 5.92. The first-order valence-electron chi connectivity index (χ1n) is 6.64. The van der Waals surface area contributed by atoms with Gasteiger partial charge in [-0.15, -0.1) is 0 Å². The number of nitrogens with two attached hydrogens (primary N) is 1. The highest BCUT2D eigenvalue weighted by molar-refractivity contribution is 7.89. The number of rotatable bonds is 3. The number of aryl methyl sites for hydroxylation is 2. The monoisotopic (exact) mass is 286 g/mol. The zero-order valence-electron chi connectivity index (χ0n) is 11.7. The van der Waals surface area contributed by atoms with E-state index in [1.54, 1.807) is 18.2 Å². The molecule has 3 N–H and O–H groups in total. The molecular weight excluding hydrogens is 264 g/mol. The fraction of sp³-hybridized carbons (Fsp3) is 0.750. The summed E-state index contributed by atoms with van der Waals surface area (Å²) >= 11 is 0. The SMILES string of the molecule is Cc1n[nH]c(C)c1S(=O)(=O)N1CCCC[C@@H]1[C@H](C)N. The molecule has 1 aliphatic rings. The molecule has 2 rings (SSSR count). The average molecular weight is 286 g/mol. The zero-order chi connectivity index (χ0) is 14.2. The molecule has 0 unspecified atom stereocenters. The van der Waals surface area contributed by atoms with Crippen molar-refractivity contribution in [2.45, 2.75) is 57.0 Å². The Kier molecular flexibility index (Phi) is 3.98. The summed E-state index contributed by atoms with van der Waals surface area (Å²) in [6.07, 6.45) is 2.74. The second-order valence-corrected chi connectivity index (χ2v) is 7.13. The van der Waals surface area contributed by atoms with E-state index in [-0.39, 0.29) is 12.1 Å². The Bertz CT molecular complexity index is 531. The summed E-state index contributed by atoms with van der Waals surface area (Å²) in [5.41, 5.74) is 7.06. The standard InChI is InChI=1S/C12H22N4O2S/c1-8(13)11-6-4-5-7-16(11)19(17,18)12-9(2)14-15-10(12)3/h8,11H,4-7,13H2,1-3H3,(H,14,15)/t8-,11+/m0/s1. The zero-order valence-corrected chi connectivity index (χ0v) is 12.5. The number of nitrogens with one attached hydrogen (secondary N) is 1. The quantitative estimate of drug-likeness (QED) is 0.864. The van der Waals surface area contributed by atoms with Crippen molar-refractivity contribution in [1.29, 1.82) is 0 Å². The smallest absolute Gasteiger partial charge is 0.247 e. The molecule has 0 aromatic carbocycles. The minimum absolute atomic E-state index is 0.118. The molecule has 0 radical (unpaired) electrons. The average Bonchev–Trinajstić information content (AvgIpc) is 2.69. The summed E-state index contributed by atoms with van der Waals surface area (Å²) in [6.45, 7) is 5.85. The maximum absolute atomic E-state index is 12.8. The van der Waals surface area contributed by atoms with Crippen molar-refractivity contribution in [3.8, 4) is 0 Å². The number of aromatic amines is 1. The Morgan fingerprint density at radius 3 is 2.63 bits per heavy atom. The van der Waals surface area contributed by atoms with Gasteiger partial charge in [-0.3, -0.25) is 5.10 Å². The van der Waals surface area contributed by atoms with Crippen LogP contribution in [-0.4, -0.2) is 41.5 Å². The first-order valence-corrected chi connectivity index (χ1v) is 8.08. The molecule has 0 aliphatic carbocycles. The van der Waals surface area contributed by atoms with Gasteiger partial charge in [0.25, 0.3) is 0 Å². The molecule has 1 aromatic heterocycles. The van der Waals surface area contributed by atoms with E-state index >= 15 is 0 Å². The van der Waals surface area contributed by atoms with Crippen molar-refractivity contribution in [1.82, 2.24) is 14.5 Å². The van der Waals surface area contributed by atoms with Crippen molar-refractivity contribution < 1.29 is 8.42 Å². The molecule has 1 aromatic rings. The van der Waals surface area contributed by atoms with Crippen LogP contribution in [0.2, 0.25) is 0 Å². The predicted molar refractivity (Wildman–Crippen MR) is 73.2 cm³/mol. The van der Waals surface area contributed by atoms with Gasteiger partial charge >= 0.3 is 0 Å². The van der Waals surface area contributed by atoms with Gasteiger partial charge < -0.3 is 5.73 Å². The van der Waals surface area contributed by atoms with Crippen LogP contribution >= 0.6 is 0 Å². The lowest BCUT2D eigenvalue weighted by Gasteiger charge is -2.36. The summed E-state index contributed by atoms with van der Waals surface area (Å²) in [4.78, 5) is 0.306. The normalized spacial score (nSPS) is 23.5. The lowest BCUT2D eigenvalue weighted by atomic mass is 10.00. The van der Waals surface area contributed by atoms with Crippen LogP contribution in [0.4, 0.5) is 0 Å². The van der Waals surface area contributed by atoms with Gasteiger partial charge in [0.2, 0.25) is 10.0 Å². The Balaban J connectivity index is 2.43. The molecule has 1 aliphatic heterocycles. The van der Waals surface area contributed by atoms with Gasteiger partial charge in [0.1, 0.15) is 4.90 Å². The van der Waals surface area contributed by atoms with E-state index < -0.39 is 10.0 Å². The van der Waals surface area contributed by atoms with Crippen molar-refractivity contribution in [2.24, 2.45) is 5.73 Å². The molecule has 7 heteroatoms. The van der Waals surface area contributed by atoms with E-state index in [1.165, 1.54) is 0 Å². The fourth-order valence-corrected chi connectivity index (χ4v) is 4.90. The molecule has 19 heavy (non-hydrogen) atoms. The lowest BCUT2D eigenvalue weighted by Crippen LogP contribution is -2.51. The van der Waals surface area contributed by atoms with Gasteiger partial charge in [0.15, 0.2) is 0 Å². The minimum Gasteiger partial charge on any atom is -0.326 e. The van der Waals surface area contributed by atoms with Crippen LogP contribution in [0.1, 0.15) is 37.6 Å². The number of hydrogen-bond acceptors (Lipinski definition) is 4. The molecule has 1 saturated heterocycles. The highest BCUT2D eigenvalue weighted by Gasteiger charge is 2.37. The van der Waals surface area contributed by atoms with Gasteiger partial charge in [0.05, 0.1) is 11.4 Å². The Morgan fingerprint density at radius 2 is 2.11 bits per heavy atom. The van der Waals surface area contributed by atoms with Gasteiger partial charge in [-0.25, -0.2) is 8.42 Å². The molecular formula is C12H22N4O2S. The van der Waals surface area contributed by atoms with Gasteiger partial charge in [-0.2, -0.15) is 9.40 Å². The third-order valence-electron chi connectivity index (χ3n) is 3.73. The summed E-state index contributed by atoms with van der Waals surface area (Å²) in [6, 6.07) is -0.282. The van der Waals surface area contributed by atoms with Gasteiger partial charge in [0, 0.05) is 18.6 Å². The molecule has 2 heterocycles. The highest BCUT2D eigenvalue weighted by Crippen LogP contribution is 2.29. The number of H-pyrrole nitrogens is 1. The summed E-state index contributed by atoms with van der Waals surface area (Å²) in [7, 11) is -3.51. The number of sulfonamides is 1. The van der Waals surface area contributed by atoms with Crippen LogP contribution in [0.25, 0.3) is 0 Å². The van der Waals surface area contributed by atoms with Crippen molar-refractivity contribution >= 4 is 10.0 Å². The lowest BCUT2D eigenvalue weighted by molar-refractivity contribution is 0.227. The largest absolute Gasteiger partial charge is 0.326 e. The fourth-order valence-electron chi connectivity index (χ4n) is 2.79. The second-order valence-electron chi connectivity index (χ2n) is 5.30. The van der Waals surface area contributed by atoms with Gasteiger partial charge in [-0.05, 0) is 33.6 Å². The molecule has 0 saturated carbocycles. The number of hydrogen-bond donors (Lipinski definition) is 2. The molecule has 6 nitrogen and oxygen atoms in total. The van der Waals surface area contributed by atoms with E-state index in [4.69, 9.17) is 5.73 Å². The van der Waals surface area contributed by atoms with E-state index in [9.17, 15) is 8.42 Å². The summed E-state index contributed by atoms with van der Waals surface area (Å²) in [5.74, 6) is 0. The van der Waals surface area contributed by atoms with E-state index in [0.717, 1.165) is 19.3 Å². The van der Waals surface area contributed by atoms with Crippen molar-refractivity contribution in [3.05, 3.63) is 11.4 Å². The van der Waals surface area contributed by atoms with Crippen LogP contribution in [0, 0.1) is 13.8 Å². The van der Waals surface area contributed by atoms with Crippen LogP contribution < -0.4 is 5.73 Å². The van der Waals surface area contributed by atoms with Crippen LogP contribution in [0.3, 0.4) is 0 Å². The van der Waals surface area contributed by atoms with Gasteiger partial charge in [-0.1, -0.05) is 6.42 Å². The Morgan fingerprint density at radius 1 is 1.42 bits per heavy atom. The van der Waals surface area contributed by atoms with Crippen molar-refractivity contribution in [2.75, 3.05) is 6.54 Å². The Labute approximate surface area is 114 Å². The molecule has 0 bridgehead atoms.